The van der Waals surface area contributed by atoms with Gasteiger partial charge in [0.05, 0.1) is 12.7 Å². The van der Waals surface area contributed by atoms with Crippen LogP contribution in [0.3, 0.4) is 0 Å². The van der Waals surface area contributed by atoms with E-state index >= 15 is 0 Å². The number of methoxy groups -OCH3 is 1. The molecule has 1 saturated heterocycles. The largest absolute Gasteiger partial charge is 0.507 e. The fourth-order valence-corrected chi connectivity index (χ4v) is 5.36. The number of thiophene rings is 1. The Balaban J connectivity index is 1.98. The van der Waals surface area contributed by atoms with Gasteiger partial charge in [-0.3, -0.25) is 14.5 Å². The predicted molar refractivity (Wildman–Crippen MR) is 132 cm³/mol. The van der Waals surface area contributed by atoms with Crippen LogP contribution in [0.4, 0.5) is 10.1 Å². The number of nitrogens with zero attached hydrogens (tertiary/aromatic N) is 1. The smallest absolute Gasteiger partial charge is 0.300 e. The summed E-state index contributed by atoms with van der Waals surface area (Å²) in [5, 5.41) is 13.4. The fraction of sp³-hybridized carbons (Fsp3) is 0.259. The minimum Gasteiger partial charge on any atom is -0.507 e. The summed E-state index contributed by atoms with van der Waals surface area (Å²) in [6, 6.07) is 10.1. The molecule has 1 atom stereocenters. The first-order chi connectivity index (χ1) is 16.1. The molecule has 4 rings (SSSR count). The average Bonchev–Trinajstić information content (AvgIpc) is 3.34. The van der Waals surface area contributed by atoms with Gasteiger partial charge in [-0.05, 0) is 84.3 Å². The third kappa shape index (κ3) is 3.90. The molecule has 1 unspecified atom stereocenters. The van der Waals surface area contributed by atoms with Crippen molar-refractivity contribution in [2.24, 2.45) is 0 Å². The number of ether oxygens (including phenoxy) is 1. The van der Waals surface area contributed by atoms with Gasteiger partial charge in [0.1, 0.15) is 23.4 Å². The van der Waals surface area contributed by atoms with E-state index in [0.29, 0.717) is 22.6 Å². The van der Waals surface area contributed by atoms with Crippen molar-refractivity contribution in [2.75, 3.05) is 12.0 Å². The number of Topliss-reactive ketones (excluding diaryl/α,β-unsaturated/α-hetero) is 1. The van der Waals surface area contributed by atoms with Crippen LogP contribution in [-0.4, -0.2) is 23.9 Å². The van der Waals surface area contributed by atoms with E-state index in [0.717, 1.165) is 16.0 Å². The molecule has 1 aliphatic heterocycles. The Labute approximate surface area is 202 Å². The number of hydrogen-bond acceptors (Lipinski definition) is 5. The second-order valence-corrected chi connectivity index (χ2v) is 9.62. The third-order valence-corrected chi connectivity index (χ3v) is 7.22. The standard InChI is InChI=1S/C27H26FNO4S/c1-14(2)19-13-20(16(4)12-21(19)33-5)24(30)22-23(26-15(3)10-11-34-26)29(27(32)25(22)31)18-8-6-17(28)7-9-18/h6-14,23,30H,1-5H3/b24-22+. The molecule has 176 valence electrons. The molecule has 1 aromatic heterocycles. The molecule has 0 aliphatic carbocycles. The van der Waals surface area contributed by atoms with Crippen molar-refractivity contribution in [1.82, 2.24) is 0 Å². The Morgan fingerprint density at radius 3 is 2.32 bits per heavy atom. The van der Waals surface area contributed by atoms with Crippen LogP contribution in [0.1, 0.15) is 52.9 Å². The van der Waals surface area contributed by atoms with E-state index in [1.54, 1.807) is 7.11 Å². The van der Waals surface area contributed by atoms with Crippen molar-refractivity contribution in [2.45, 2.75) is 39.7 Å². The highest BCUT2D eigenvalue weighted by atomic mass is 32.1. The summed E-state index contributed by atoms with van der Waals surface area (Å²) in [4.78, 5) is 28.7. The van der Waals surface area contributed by atoms with Crippen molar-refractivity contribution < 1.29 is 23.8 Å². The number of aliphatic hydroxyl groups excluding tert-OH is 1. The van der Waals surface area contributed by atoms with E-state index in [4.69, 9.17) is 4.74 Å². The number of aliphatic hydroxyl groups is 1. The van der Waals surface area contributed by atoms with Gasteiger partial charge in [-0.2, -0.15) is 0 Å². The van der Waals surface area contributed by atoms with E-state index in [9.17, 15) is 19.1 Å². The summed E-state index contributed by atoms with van der Waals surface area (Å²) in [7, 11) is 1.59. The molecule has 1 fully saturated rings. The van der Waals surface area contributed by atoms with Gasteiger partial charge in [0.15, 0.2) is 0 Å². The van der Waals surface area contributed by atoms with Crippen molar-refractivity contribution in [3.63, 3.8) is 0 Å². The Bertz CT molecular complexity index is 1310. The van der Waals surface area contributed by atoms with E-state index in [1.807, 2.05) is 51.3 Å². The molecule has 0 spiro atoms. The van der Waals surface area contributed by atoms with Crippen LogP contribution in [0, 0.1) is 19.7 Å². The maximum atomic E-state index is 13.6. The number of aryl methyl sites for hydroxylation is 2. The summed E-state index contributed by atoms with van der Waals surface area (Å²) < 4.78 is 19.1. The molecule has 7 heteroatoms. The molecule has 34 heavy (non-hydrogen) atoms. The number of benzene rings is 2. The Morgan fingerprint density at radius 2 is 1.76 bits per heavy atom. The molecule has 0 saturated carbocycles. The Hall–Kier alpha value is -3.45. The molecule has 1 N–H and O–H groups in total. The first kappa shape index (κ1) is 23.7. The lowest BCUT2D eigenvalue weighted by Gasteiger charge is -2.25. The fourth-order valence-electron chi connectivity index (χ4n) is 4.34. The number of amides is 1. The van der Waals surface area contributed by atoms with Gasteiger partial charge in [0.2, 0.25) is 0 Å². The van der Waals surface area contributed by atoms with E-state index < -0.39 is 23.5 Å². The predicted octanol–water partition coefficient (Wildman–Crippen LogP) is 6.26. The van der Waals surface area contributed by atoms with Gasteiger partial charge in [-0.1, -0.05) is 13.8 Å². The molecular formula is C27H26FNO4S. The third-order valence-electron chi connectivity index (χ3n) is 6.15. The molecule has 5 nitrogen and oxygen atoms in total. The zero-order valence-electron chi connectivity index (χ0n) is 19.7. The van der Waals surface area contributed by atoms with E-state index in [-0.39, 0.29) is 17.3 Å². The SMILES string of the molecule is COc1cc(C)c(/C(O)=C2\C(=O)C(=O)N(c3ccc(F)cc3)C2c2sccc2C)cc1C(C)C. The van der Waals surface area contributed by atoms with Crippen molar-refractivity contribution in [3.8, 4) is 5.75 Å². The van der Waals surface area contributed by atoms with Crippen LogP contribution in [0.5, 0.6) is 5.75 Å². The molecule has 0 bridgehead atoms. The zero-order valence-corrected chi connectivity index (χ0v) is 20.5. The highest BCUT2D eigenvalue weighted by Crippen LogP contribution is 2.45. The van der Waals surface area contributed by atoms with Gasteiger partial charge in [-0.15, -0.1) is 11.3 Å². The Morgan fingerprint density at radius 1 is 1.09 bits per heavy atom. The summed E-state index contributed by atoms with van der Waals surface area (Å²) in [6.45, 7) is 7.74. The summed E-state index contributed by atoms with van der Waals surface area (Å²) >= 11 is 1.40. The lowest BCUT2D eigenvalue weighted by atomic mass is 9.92. The zero-order chi connectivity index (χ0) is 24.7. The van der Waals surface area contributed by atoms with Gasteiger partial charge in [0, 0.05) is 16.1 Å². The second-order valence-electron chi connectivity index (χ2n) is 8.68. The summed E-state index contributed by atoms with van der Waals surface area (Å²) in [6.07, 6.45) is 0. The number of rotatable bonds is 5. The summed E-state index contributed by atoms with van der Waals surface area (Å²) in [5.41, 5.74) is 3.36. The van der Waals surface area contributed by atoms with E-state index in [2.05, 4.69) is 0 Å². The minimum absolute atomic E-state index is 0.0165. The van der Waals surface area contributed by atoms with Gasteiger partial charge < -0.3 is 9.84 Å². The monoisotopic (exact) mass is 479 g/mol. The number of halogens is 1. The topological polar surface area (TPSA) is 66.8 Å². The van der Waals surface area contributed by atoms with Crippen LogP contribution in [0.2, 0.25) is 0 Å². The number of ketones is 1. The van der Waals surface area contributed by atoms with Gasteiger partial charge in [-0.25, -0.2) is 4.39 Å². The van der Waals surface area contributed by atoms with Crippen LogP contribution >= 0.6 is 11.3 Å². The molecule has 3 aromatic rings. The van der Waals surface area contributed by atoms with E-state index in [1.165, 1.54) is 40.5 Å². The van der Waals surface area contributed by atoms with Crippen LogP contribution in [0.15, 0.2) is 53.4 Å². The van der Waals surface area contributed by atoms with Crippen molar-refractivity contribution >= 4 is 34.5 Å². The maximum absolute atomic E-state index is 13.6. The summed E-state index contributed by atoms with van der Waals surface area (Å²) in [5.74, 6) is -1.41. The normalized spacial score (nSPS) is 17.6. The molecular weight excluding hydrogens is 453 g/mol. The minimum atomic E-state index is -0.825. The molecule has 0 radical (unpaired) electrons. The van der Waals surface area contributed by atoms with Crippen molar-refractivity contribution in [3.05, 3.63) is 86.4 Å². The number of carbonyl (C=O) groups excluding carboxylic acids is 2. The first-order valence-electron chi connectivity index (χ1n) is 10.9. The molecule has 1 aliphatic rings. The van der Waals surface area contributed by atoms with Crippen LogP contribution < -0.4 is 9.64 Å². The van der Waals surface area contributed by atoms with Gasteiger partial charge >= 0.3 is 0 Å². The number of anilines is 1. The maximum Gasteiger partial charge on any atom is 0.300 e. The lowest BCUT2D eigenvalue weighted by Crippen LogP contribution is -2.29. The average molecular weight is 480 g/mol. The molecule has 1 amide bonds. The second kappa shape index (κ2) is 9.06. The first-order valence-corrected chi connectivity index (χ1v) is 11.8. The highest BCUT2D eigenvalue weighted by molar-refractivity contribution is 7.10. The van der Waals surface area contributed by atoms with Gasteiger partial charge in [0.25, 0.3) is 11.7 Å². The number of carbonyl (C=O) groups is 2. The van der Waals surface area contributed by atoms with Crippen LogP contribution in [0.25, 0.3) is 5.76 Å². The van der Waals surface area contributed by atoms with Crippen molar-refractivity contribution in [1.29, 1.82) is 0 Å². The lowest BCUT2D eigenvalue weighted by molar-refractivity contribution is -0.132. The quantitative estimate of drug-likeness (QED) is 0.266. The molecule has 2 heterocycles. The molecule has 2 aromatic carbocycles. The number of hydrogen-bond donors (Lipinski definition) is 1. The Kier molecular flexibility index (Phi) is 6.32. The van der Waals surface area contributed by atoms with Crippen LogP contribution in [-0.2, 0) is 9.59 Å². The highest BCUT2D eigenvalue weighted by Gasteiger charge is 2.48.